The Morgan fingerprint density at radius 2 is 1.33 bits per heavy atom. The Kier molecular flexibility index (Phi) is 11.9. The minimum atomic E-state index is -0.149. The summed E-state index contributed by atoms with van der Waals surface area (Å²) in [5, 5.41) is 9.52. The van der Waals surface area contributed by atoms with Crippen molar-refractivity contribution in [3.8, 4) is 39.3 Å². The van der Waals surface area contributed by atoms with Crippen LogP contribution in [0.3, 0.4) is 0 Å². The van der Waals surface area contributed by atoms with Crippen LogP contribution >= 0.6 is 0 Å². The maximum Gasteiger partial charge on any atom is 0.134 e. The van der Waals surface area contributed by atoms with E-state index in [-0.39, 0.29) is 36.4 Å². The van der Waals surface area contributed by atoms with Crippen molar-refractivity contribution in [3.05, 3.63) is 148 Å². The molecular formula is C51H58IrN3-. The van der Waals surface area contributed by atoms with Crippen LogP contribution in [-0.4, -0.2) is 14.8 Å². The first-order valence-corrected chi connectivity index (χ1v) is 20.4. The van der Waals surface area contributed by atoms with Crippen LogP contribution in [0.15, 0.2) is 103 Å². The molecule has 7 rings (SSSR count). The summed E-state index contributed by atoms with van der Waals surface area (Å²) in [5.41, 5.74) is 15.4. The molecule has 1 aromatic heterocycles. The van der Waals surface area contributed by atoms with Crippen LogP contribution in [0.1, 0.15) is 133 Å². The first kappa shape index (κ1) is 40.5. The third kappa shape index (κ3) is 7.34. The van der Waals surface area contributed by atoms with Gasteiger partial charge in [-0.05, 0) is 88.4 Å². The third-order valence-electron chi connectivity index (χ3n) is 12.6. The van der Waals surface area contributed by atoms with Gasteiger partial charge in [0.25, 0.3) is 0 Å². The Morgan fingerprint density at radius 1 is 0.673 bits per heavy atom. The molecule has 0 unspecified atom stereocenters. The van der Waals surface area contributed by atoms with Gasteiger partial charge in [-0.3, -0.25) is 0 Å². The summed E-state index contributed by atoms with van der Waals surface area (Å²) in [7, 11) is 0. The molecule has 3 nitrogen and oxygen atoms in total. The van der Waals surface area contributed by atoms with E-state index in [0.29, 0.717) is 0 Å². The van der Waals surface area contributed by atoms with E-state index in [2.05, 4.69) is 170 Å². The minimum Gasteiger partial charge on any atom is -0.319 e. The summed E-state index contributed by atoms with van der Waals surface area (Å²) in [6.45, 7) is 20.5. The van der Waals surface area contributed by atoms with Crippen molar-refractivity contribution >= 4 is 0 Å². The summed E-state index contributed by atoms with van der Waals surface area (Å²) < 4.78 is 2.26. The van der Waals surface area contributed by atoms with Crippen LogP contribution < -0.4 is 0 Å². The topological polar surface area (TPSA) is 30.7 Å². The normalized spacial score (nSPS) is 13.3. The second kappa shape index (κ2) is 16.2. The number of unbranched alkanes of at least 4 members (excludes halogenated alkanes) is 2. The molecule has 0 N–H and O–H groups in total. The maximum absolute atomic E-state index is 4.78. The second-order valence-electron chi connectivity index (χ2n) is 17.0. The van der Waals surface area contributed by atoms with Crippen LogP contribution in [0.4, 0.5) is 0 Å². The van der Waals surface area contributed by atoms with Gasteiger partial charge >= 0.3 is 0 Å². The van der Waals surface area contributed by atoms with E-state index in [1.165, 1.54) is 83.0 Å². The van der Waals surface area contributed by atoms with E-state index >= 15 is 0 Å². The zero-order valence-corrected chi connectivity index (χ0v) is 36.8. The van der Waals surface area contributed by atoms with E-state index in [0.717, 1.165) is 29.3 Å². The van der Waals surface area contributed by atoms with Crippen molar-refractivity contribution in [1.82, 2.24) is 14.8 Å². The predicted molar refractivity (Wildman–Crippen MR) is 228 cm³/mol. The molecule has 0 fully saturated rings. The fourth-order valence-electron chi connectivity index (χ4n) is 8.79. The van der Waals surface area contributed by atoms with Gasteiger partial charge in [-0.25, -0.2) is 0 Å². The van der Waals surface area contributed by atoms with Gasteiger partial charge in [-0.2, -0.15) is 5.10 Å². The molecular weight excluding hydrogens is 847 g/mol. The fourth-order valence-corrected chi connectivity index (χ4v) is 8.79. The summed E-state index contributed by atoms with van der Waals surface area (Å²) in [5.74, 6) is 1.81. The van der Waals surface area contributed by atoms with E-state index in [9.17, 15) is 0 Å². The summed E-state index contributed by atoms with van der Waals surface area (Å²) in [4.78, 5) is 0. The predicted octanol–water partition coefficient (Wildman–Crippen LogP) is 13.7. The number of hydrogen-bond donors (Lipinski definition) is 0. The van der Waals surface area contributed by atoms with E-state index in [1.807, 2.05) is 6.07 Å². The molecule has 1 heterocycles. The molecule has 0 saturated heterocycles. The SMILES string of the molecule is CCCCC1(CCCC)c2ccccc2-c2ccc(C(C)(C)c3ccc(-c4ccc(-n5c(-c6[c-]ccc(C)c6)nnc5C(C)(C)CC)c(C)c4)cc3)cc21.[Ir]. The number of fused-ring (bicyclic) bond motifs is 3. The van der Waals surface area contributed by atoms with Gasteiger partial charge in [-0.1, -0.05) is 154 Å². The molecule has 55 heavy (non-hydrogen) atoms. The smallest absolute Gasteiger partial charge is 0.134 e. The zero-order valence-electron chi connectivity index (χ0n) is 34.4. The molecule has 287 valence electrons. The Bertz CT molecular complexity index is 2260. The molecule has 0 saturated carbocycles. The van der Waals surface area contributed by atoms with Crippen molar-refractivity contribution in [2.24, 2.45) is 0 Å². The van der Waals surface area contributed by atoms with E-state index in [4.69, 9.17) is 10.2 Å². The molecule has 5 aromatic carbocycles. The Morgan fingerprint density at radius 3 is 1.98 bits per heavy atom. The molecule has 1 aliphatic carbocycles. The van der Waals surface area contributed by atoms with Gasteiger partial charge in [-0.15, -0.1) is 40.5 Å². The Balaban J connectivity index is 0.00000514. The average Bonchev–Trinajstić information content (AvgIpc) is 3.75. The molecule has 4 heteroatoms. The van der Waals surface area contributed by atoms with Gasteiger partial charge in [0.05, 0.1) is 5.82 Å². The summed E-state index contributed by atoms with van der Waals surface area (Å²) in [6, 6.07) is 42.3. The van der Waals surface area contributed by atoms with E-state index in [1.54, 1.807) is 11.1 Å². The zero-order chi connectivity index (χ0) is 38.3. The first-order valence-electron chi connectivity index (χ1n) is 20.4. The number of aryl methyl sites for hydroxylation is 2. The Labute approximate surface area is 344 Å². The quantitative estimate of drug-likeness (QED) is 0.108. The molecule has 6 aromatic rings. The van der Waals surface area contributed by atoms with E-state index < -0.39 is 0 Å². The molecule has 0 aliphatic heterocycles. The van der Waals surface area contributed by atoms with Crippen LogP contribution in [0, 0.1) is 19.9 Å². The molecule has 0 bridgehead atoms. The third-order valence-corrected chi connectivity index (χ3v) is 12.6. The van der Waals surface area contributed by atoms with Gasteiger partial charge < -0.3 is 4.57 Å². The standard InChI is InChI=1S/C51H58N3.Ir/c1-10-13-30-51(31-14-11-2)44-21-16-15-20-42(44)43-28-27-41(34-45(43)51)50(8,9)40-25-22-37(23-26-40)38-24-29-46(36(5)33-38)54-47(39-19-17-18-35(4)32-39)52-53-48(54)49(6,7)12-3;/h15-18,20-29,32-34H,10-14,30-31H2,1-9H3;/q-1;. The summed E-state index contributed by atoms with van der Waals surface area (Å²) >= 11 is 0. The fraction of sp³-hybridized carbons (Fsp3) is 0.373. The minimum absolute atomic E-state index is 0. The van der Waals surface area contributed by atoms with Gasteiger partial charge in [0.1, 0.15) is 5.82 Å². The molecule has 0 atom stereocenters. The molecule has 1 radical (unpaired) electrons. The second-order valence-corrected chi connectivity index (χ2v) is 17.0. The average molecular weight is 905 g/mol. The molecule has 0 spiro atoms. The van der Waals surface area contributed by atoms with Crippen molar-refractivity contribution in [1.29, 1.82) is 0 Å². The van der Waals surface area contributed by atoms with Crippen molar-refractivity contribution in [3.63, 3.8) is 0 Å². The summed E-state index contributed by atoms with van der Waals surface area (Å²) in [6.07, 6.45) is 8.32. The number of hydrogen-bond acceptors (Lipinski definition) is 2. The Hall–Kier alpha value is -4.11. The molecule has 0 amide bonds. The van der Waals surface area contributed by atoms with Crippen LogP contribution in [0.2, 0.25) is 0 Å². The monoisotopic (exact) mass is 905 g/mol. The van der Waals surface area contributed by atoms with Gasteiger partial charge in [0.2, 0.25) is 0 Å². The number of benzene rings is 5. The van der Waals surface area contributed by atoms with Crippen molar-refractivity contribution < 1.29 is 20.1 Å². The molecule has 1 aliphatic rings. The van der Waals surface area contributed by atoms with Crippen molar-refractivity contribution in [2.45, 2.75) is 124 Å². The van der Waals surface area contributed by atoms with Gasteiger partial charge in [0.15, 0.2) is 0 Å². The largest absolute Gasteiger partial charge is 0.319 e. The number of rotatable bonds is 13. The van der Waals surface area contributed by atoms with Crippen LogP contribution in [0.25, 0.3) is 39.3 Å². The maximum atomic E-state index is 4.78. The van der Waals surface area contributed by atoms with Crippen molar-refractivity contribution in [2.75, 3.05) is 0 Å². The van der Waals surface area contributed by atoms with Gasteiger partial charge in [0, 0.05) is 42.0 Å². The number of aromatic nitrogens is 3. The van der Waals surface area contributed by atoms with Crippen LogP contribution in [-0.2, 0) is 36.4 Å². The van der Waals surface area contributed by atoms with Crippen LogP contribution in [0.5, 0.6) is 0 Å². The first-order chi connectivity index (χ1) is 25.9. The number of nitrogens with zero attached hydrogens (tertiary/aromatic N) is 3.